The van der Waals surface area contributed by atoms with Crippen molar-refractivity contribution in [1.29, 1.82) is 0 Å². The SMILES string of the molecule is C=C(C)c1cccc2c1OB(O)[C@@H](NC(=O)CC1CCC(NCCN=C(N)NC(C)C)CC1)C2. The van der Waals surface area contributed by atoms with Crippen molar-refractivity contribution in [2.24, 2.45) is 16.6 Å². The normalized spacial score (nSPS) is 22.7. The Kier molecular flexibility index (Phi) is 9.41. The molecular formula is C25H40BN5O3. The number of aliphatic imine (C=N–C) groups is 1. The largest absolute Gasteiger partial charge is 0.547 e. The first kappa shape index (κ1) is 26.1. The molecule has 0 aromatic heterocycles. The summed E-state index contributed by atoms with van der Waals surface area (Å²) in [6.45, 7) is 11.4. The van der Waals surface area contributed by atoms with Crippen LogP contribution in [0.25, 0.3) is 5.57 Å². The smallest absolute Gasteiger partial charge is 0.534 e. The zero-order valence-electron chi connectivity index (χ0n) is 20.8. The second-order valence-corrected chi connectivity index (χ2v) is 9.90. The van der Waals surface area contributed by atoms with Gasteiger partial charge in [-0.3, -0.25) is 9.79 Å². The van der Waals surface area contributed by atoms with E-state index in [-0.39, 0.29) is 11.9 Å². The Labute approximate surface area is 204 Å². The van der Waals surface area contributed by atoms with Crippen LogP contribution in [-0.4, -0.2) is 55.1 Å². The summed E-state index contributed by atoms with van der Waals surface area (Å²) in [7, 11) is -1.07. The predicted octanol–water partition coefficient (Wildman–Crippen LogP) is 2.01. The molecule has 6 N–H and O–H groups in total. The number of para-hydroxylation sites is 1. The Balaban J connectivity index is 1.39. The summed E-state index contributed by atoms with van der Waals surface area (Å²) in [6, 6.07) is 6.61. The highest BCUT2D eigenvalue weighted by Gasteiger charge is 2.37. The predicted molar refractivity (Wildman–Crippen MR) is 139 cm³/mol. The summed E-state index contributed by atoms with van der Waals surface area (Å²) >= 11 is 0. The van der Waals surface area contributed by atoms with Gasteiger partial charge in [-0.25, -0.2) is 0 Å². The molecule has 1 fully saturated rings. The highest BCUT2D eigenvalue weighted by atomic mass is 16.5. The number of allylic oxidation sites excluding steroid dienone is 1. The van der Waals surface area contributed by atoms with Crippen molar-refractivity contribution in [1.82, 2.24) is 16.0 Å². The lowest BCUT2D eigenvalue weighted by atomic mass is 9.72. The summed E-state index contributed by atoms with van der Waals surface area (Å²) in [5.41, 5.74) is 8.59. The number of carbonyl (C=O) groups excluding carboxylic acids is 1. The van der Waals surface area contributed by atoms with Gasteiger partial charge < -0.3 is 31.4 Å². The maximum atomic E-state index is 12.7. The minimum Gasteiger partial charge on any atom is -0.534 e. The summed E-state index contributed by atoms with van der Waals surface area (Å²) in [5.74, 6) is 1.05. The van der Waals surface area contributed by atoms with Crippen LogP contribution >= 0.6 is 0 Å². The van der Waals surface area contributed by atoms with Crippen molar-refractivity contribution >= 4 is 24.6 Å². The zero-order chi connectivity index (χ0) is 24.7. The molecule has 1 atom stereocenters. The Hall–Kier alpha value is -2.52. The molecule has 0 bridgehead atoms. The van der Waals surface area contributed by atoms with E-state index in [2.05, 4.69) is 27.5 Å². The van der Waals surface area contributed by atoms with Gasteiger partial charge in [0, 0.05) is 30.6 Å². The summed E-state index contributed by atoms with van der Waals surface area (Å²) < 4.78 is 5.77. The molecule has 2 aliphatic rings. The second-order valence-electron chi connectivity index (χ2n) is 9.90. The molecule has 0 radical (unpaired) electrons. The fourth-order valence-electron chi connectivity index (χ4n) is 4.77. The molecule has 3 rings (SSSR count). The maximum Gasteiger partial charge on any atom is 0.547 e. The van der Waals surface area contributed by atoms with Gasteiger partial charge >= 0.3 is 7.12 Å². The number of nitrogens with two attached hydrogens (primary N) is 1. The number of carbonyl (C=O) groups is 1. The number of benzene rings is 1. The molecule has 0 unspecified atom stereocenters. The van der Waals surface area contributed by atoms with Crippen molar-refractivity contribution in [3.63, 3.8) is 0 Å². The van der Waals surface area contributed by atoms with Crippen molar-refractivity contribution in [2.75, 3.05) is 13.1 Å². The van der Waals surface area contributed by atoms with Gasteiger partial charge in [-0.2, -0.15) is 0 Å². The second kappa shape index (κ2) is 12.3. The minimum atomic E-state index is -1.07. The number of rotatable bonds is 9. The van der Waals surface area contributed by atoms with E-state index in [0.29, 0.717) is 43.1 Å². The molecule has 1 amide bonds. The topological polar surface area (TPSA) is 121 Å². The van der Waals surface area contributed by atoms with Crippen molar-refractivity contribution in [3.05, 3.63) is 35.9 Å². The van der Waals surface area contributed by atoms with E-state index in [4.69, 9.17) is 10.4 Å². The third-order valence-corrected chi connectivity index (χ3v) is 6.51. The fraction of sp³-hybridized carbons (Fsp3) is 0.600. The van der Waals surface area contributed by atoms with Gasteiger partial charge in [0.15, 0.2) is 5.96 Å². The van der Waals surface area contributed by atoms with Crippen molar-refractivity contribution in [2.45, 2.75) is 77.3 Å². The maximum absolute atomic E-state index is 12.7. The van der Waals surface area contributed by atoms with Gasteiger partial charge in [0.1, 0.15) is 5.75 Å². The Bertz CT molecular complexity index is 883. The van der Waals surface area contributed by atoms with Crippen LogP contribution in [0.4, 0.5) is 0 Å². The van der Waals surface area contributed by atoms with Crippen LogP contribution in [0, 0.1) is 5.92 Å². The van der Waals surface area contributed by atoms with E-state index in [1.165, 1.54) is 0 Å². The summed E-state index contributed by atoms with van der Waals surface area (Å²) in [6.07, 6.45) is 5.15. The lowest BCUT2D eigenvalue weighted by Crippen LogP contribution is -2.53. The number of nitrogens with zero attached hydrogens (tertiary/aromatic N) is 1. The van der Waals surface area contributed by atoms with E-state index in [0.717, 1.165) is 48.9 Å². The molecule has 1 aromatic carbocycles. The molecule has 34 heavy (non-hydrogen) atoms. The van der Waals surface area contributed by atoms with E-state index in [1.54, 1.807) is 0 Å². The lowest BCUT2D eigenvalue weighted by Gasteiger charge is -2.31. The Morgan fingerprint density at radius 2 is 2.06 bits per heavy atom. The molecule has 1 aliphatic heterocycles. The van der Waals surface area contributed by atoms with E-state index < -0.39 is 13.1 Å². The number of fused-ring (bicyclic) bond motifs is 1. The third-order valence-electron chi connectivity index (χ3n) is 6.51. The first-order valence-corrected chi connectivity index (χ1v) is 12.4. The van der Waals surface area contributed by atoms with Gasteiger partial charge in [0.05, 0.1) is 12.5 Å². The van der Waals surface area contributed by atoms with Gasteiger partial charge in [0.25, 0.3) is 0 Å². The Morgan fingerprint density at radius 1 is 1.32 bits per heavy atom. The summed E-state index contributed by atoms with van der Waals surface area (Å²) in [5, 5.41) is 20.1. The fourth-order valence-corrected chi connectivity index (χ4v) is 4.77. The molecule has 9 heteroatoms. The summed E-state index contributed by atoms with van der Waals surface area (Å²) in [4.78, 5) is 17.0. The van der Waals surface area contributed by atoms with E-state index >= 15 is 0 Å². The first-order valence-electron chi connectivity index (χ1n) is 12.4. The molecule has 1 aliphatic carbocycles. The molecule has 0 saturated heterocycles. The molecule has 186 valence electrons. The standard InChI is InChI=1S/C25H40BN5O3/c1-16(2)21-7-5-6-19-15-22(26(33)34-24(19)21)31-23(32)14-18-8-10-20(11-9-18)28-12-13-29-25(27)30-17(3)4/h5-7,17-18,20,22,28,33H,1,8-15H2,2-4H3,(H,31,32)(H3,27,29,30)/t18?,20?,22-/m0/s1. The number of hydrogen-bond acceptors (Lipinski definition) is 5. The molecule has 8 nitrogen and oxygen atoms in total. The van der Waals surface area contributed by atoms with Crippen LogP contribution < -0.4 is 26.3 Å². The monoisotopic (exact) mass is 469 g/mol. The minimum absolute atomic E-state index is 0.0222. The van der Waals surface area contributed by atoms with Crippen LogP contribution in [-0.2, 0) is 11.2 Å². The average Bonchev–Trinajstić information content (AvgIpc) is 2.77. The molecular weight excluding hydrogens is 429 g/mol. The van der Waals surface area contributed by atoms with Gasteiger partial charge in [-0.15, -0.1) is 0 Å². The molecule has 0 spiro atoms. The van der Waals surface area contributed by atoms with Crippen LogP contribution in [0.2, 0.25) is 0 Å². The number of guanidine groups is 1. The lowest BCUT2D eigenvalue weighted by molar-refractivity contribution is -0.122. The molecule has 1 aromatic rings. The van der Waals surface area contributed by atoms with Crippen molar-refractivity contribution in [3.8, 4) is 5.75 Å². The number of hydrogen-bond donors (Lipinski definition) is 5. The van der Waals surface area contributed by atoms with Crippen LogP contribution in [0.3, 0.4) is 0 Å². The van der Waals surface area contributed by atoms with Crippen LogP contribution in [0.1, 0.15) is 64.0 Å². The quantitative estimate of drug-likeness (QED) is 0.163. The number of nitrogens with one attached hydrogen (secondary N) is 3. The van der Waals surface area contributed by atoms with Crippen molar-refractivity contribution < 1.29 is 14.5 Å². The number of amides is 1. The average molecular weight is 469 g/mol. The zero-order valence-corrected chi connectivity index (χ0v) is 20.8. The molecule has 1 heterocycles. The highest BCUT2D eigenvalue weighted by Crippen LogP contribution is 2.33. The molecule has 1 saturated carbocycles. The van der Waals surface area contributed by atoms with E-state index in [9.17, 15) is 9.82 Å². The van der Waals surface area contributed by atoms with Crippen LogP contribution in [0.5, 0.6) is 5.75 Å². The van der Waals surface area contributed by atoms with Gasteiger partial charge in [-0.1, -0.05) is 24.8 Å². The third kappa shape index (κ3) is 7.50. The first-order chi connectivity index (χ1) is 16.2. The van der Waals surface area contributed by atoms with Crippen LogP contribution in [0.15, 0.2) is 29.8 Å². The highest BCUT2D eigenvalue weighted by molar-refractivity contribution is 6.46. The van der Waals surface area contributed by atoms with E-state index in [1.807, 2.05) is 39.0 Å². The van der Waals surface area contributed by atoms with Gasteiger partial charge in [0.2, 0.25) is 5.91 Å². The Morgan fingerprint density at radius 3 is 2.74 bits per heavy atom. The van der Waals surface area contributed by atoms with Gasteiger partial charge in [-0.05, 0) is 69.9 Å².